The largest absolute Gasteiger partial charge is 0.408 e. The van der Waals surface area contributed by atoms with Gasteiger partial charge in [0, 0.05) is 6.61 Å². The van der Waals surface area contributed by atoms with Crippen molar-refractivity contribution in [3.63, 3.8) is 0 Å². The molecule has 3 heteroatoms. The van der Waals surface area contributed by atoms with E-state index in [-0.39, 0.29) is 0 Å². The van der Waals surface area contributed by atoms with E-state index in [2.05, 4.69) is 25.2 Å². The van der Waals surface area contributed by atoms with Gasteiger partial charge in [0.05, 0.1) is 0 Å². The van der Waals surface area contributed by atoms with Crippen LogP contribution in [0.3, 0.4) is 0 Å². The highest BCUT2D eigenvalue weighted by molar-refractivity contribution is 8.13. The topological polar surface area (TPSA) is 9.23 Å². The summed E-state index contributed by atoms with van der Waals surface area (Å²) in [5.74, 6) is 0. The lowest BCUT2D eigenvalue weighted by molar-refractivity contribution is 0.345. The van der Waals surface area contributed by atoms with Gasteiger partial charge in [-0.05, 0) is 20.0 Å². The molecule has 0 aliphatic heterocycles. The van der Waals surface area contributed by atoms with E-state index in [1.54, 1.807) is 0 Å². The smallest absolute Gasteiger partial charge is 0.244 e. The Balaban J connectivity index is 3.15. The molecule has 0 aromatic rings. The quantitative estimate of drug-likeness (QED) is 0.448. The van der Waals surface area contributed by atoms with Crippen molar-refractivity contribution in [3.8, 4) is 0 Å². The predicted molar refractivity (Wildman–Crippen MR) is 38.1 cm³/mol. The summed E-state index contributed by atoms with van der Waals surface area (Å²) in [5.41, 5.74) is 0. The Labute approximate surface area is 51.3 Å². The number of thiol groups is 1. The van der Waals surface area contributed by atoms with Gasteiger partial charge in [-0.1, -0.05) is 0 Å². The lowest BCUT2D eigenvalue weighted by Crippen LogP contribution is -2.21. The third kappa shape index (κ3) is 6.53. The third-order valence-electron chi connectivity index (χ3n) is 0.498. The molecule has 0 fully saturated rings. The van der Waals surface area contributed by atoms with E-state index in [4.69, 9.17) is 4.43 Å². The van der Waals surface area contributed by atoms with Crippen molar-refractivity contribution in [2.24, 2.45) is 0 Å². The SMILES string of the molecule is CCO[Si](C)(C)S. The van der Waals surface area contributed by atoms with E-state index in [1.807, 2.05) is 6.92 Å². The van der Waals surface area contributed by atoms with E-state index in [0.717, 1.165) is 6.61 Å². The van der Waals surface area contributed by atoms with Crippen LogP contribution >= 0.6 is 12.1 Å². The van der Waals surface area contributed by atoms with Gasteiger partial charge in [-0.25, -0.2) is 0 Å². The number of hydrogen-bond donors (Lipinski definition) is 1. The van der Waals surface area contributed by atoms with Crippen molar-refractivity contribution >= 4 is 19.5 Å². The highest BCUT2D eigenvalue weighted by atomic mass is 32.3. The summed E-state index contributed by atoms with van der Waals surface area (Å²) in [6.45, 7) is 6.90. The van der Waals surface area contributed by atoms with Crippen molar-refractivity contribution in [2.75, 3.05) is 6.61 Å². The minimum Gasteiger partial charge on any atom is -0.408 e. The Morgan fingerprint density at radius 3 is 2.00 bits per heavy atom. The van der Waals surface area contributed by atoms with Crippen molar-refractivity contribution in [2.45, 2.75) is 20.0 Å². The van der Waals surface area contributed by atoms with Crippen LogP contribution in [-0.4, -0.2) is 14.1 Å². The molecule has 0 amide bonds. The molecule has 0 saturated carbocycles. The summed E-state index contributed by atoms with van der Waals surface area (Å²) in [5, 5.41) is 0. The molecular formula is C4H12OSSi. The molecule has 0 rings (SSSR count). The van der Waals surface area contributed by atoms with Crippen LogP contribution in [0.5, 0.6) is 0 Å². The van der Waals surface area contributed by atoms with E-state index in [1.165, 1.54) is 0 Å². The zero-order valence-corrected chi connectivity index (χ0v) is 6.96. The van der Waals surface area contributed by atoms with Gasteiger partial charge in [0.1, 0.15) is 0 Å². The highest BCUT2D eigenvalue weighted by Gasteiger charge is 2.13. The predicted octanol–water partition coefficient (Wildman–Crippen LogP) is 1.65. The maximum atomic E-state index is 5.23. The molecule has 0 aromatic carbocycles. The molecule has 0 bridgehead atoms. The fourth-order valence-corrected chi connectivity index (χ4v) is 1.45. The number of rotatable bonds is 2. The molecule has 0 saturated heterocycles. The lowest BCUT2D eigenvalue weighted by atomic mass is 10.9. The van der Waals surface area contributed by atoms with Gasteiger partial charge < -0.3 is 4.43 Å². The fourth-order valence-electron chi connectivity index (χ4n) is 0.353. The first kappa shape index (κ1) is 7.53. The monoisotopic (exact) mass is 136 g/mol. The average molecular weight is 136 g/mol. The van der Waals surface area contributed by atoms with E-state index >= 15 is 0 Å². The summed E-state index contributed by atoms with van der Waals surface area (Å²) in [6, 6.07) is 0. The maximum Gasteiger partial charge on any atom is 0.244 e. The Hall–Kier alpha value is 0.527. The van der Waals surface area contributed by atoms with Crippen molar-refractivity contribution in [3.05, 3.63) is 0 Å². The van der Waals surface area contributed by atoms with Crippen molar-refractivity contribution < 1.29 is 4.43 Å². The van der Waals surface area contributed by atoms with E-state index in [9.17, 15) is 0 Å². The van der Waals surface area contributed by atoms with Crippen LogP contribution in [0.25, 0.3) is 0 Å². The lowest BCUT2D eigenvalue weighted by Gasteiger charge is -2.12. The Morgan fingerprint density at radius 1 is 1.57 bits per heavy atom. The second kappa shape index (κ2) is 2.74. The Morgan fingerprint density at radius 2 is 2.00 bits per heavy atom. The summed E-state index contributed by atoms with van der Waals surface area (Å²) >= 11 is 4.25. The molecule has 1 nitrogen and oxygen atoms in total. The normalized spacial score (nSPS) is 12.0. The van der Waals surface area contributed by atoms with Crippen LogP contribution in [0.1, 0.15) is 6.92 Å². The van der Waals surface area contributed by atoms with Gasteiger partial charge in [-0.2, -0.15) is 12.1 Å². The summed E-state index contributed by atoms with van der Waals surface area (Å²) in [7, 11) is -1.46. The maximum absolute atomic E-state index is 5.23. The molecule has 0 aliphatic carbocycles. The van der Waals surface area contributed by atoms with Gasteiger partial charge >= 0.3 is 0 Å². The van der Waals surface area contributed by atoms with E-state index < -0.39 is 7.47 Å². The summed E-state index contributed by atoms with van der Waals surface area (Å²) < 4.78 is 5.23. The van der Waals surface area contributed by atoms with E-state index in [0.29, 0.717) is 0 Å². The van der Waals surface area contributed by atoms with Gasteiger partial charge in [0.25, 0.3) is 0 Å². The molecule has 0 unspecified atom stereocenters. The van der Waals surface area contributed by atoms with Gasteiger partial charge in [-0.15, -0.1) is 0 Å². The molecule has 0 heterocycles. The van der Waals surface area contributed by atoms with Crippen LogP contribution in [0, 0.1) is 0 Å². The standard InChI is InChI=1S/C4H12OSSi/c1-4-5-7(2,3)6/h6H,4H2,1-3H3. The molecule has 0 N–H and O–H groups in total. The molecule has 0 aromatic heterocycles. The molecule has 0 aliphatic rings. The van der Waals surface area contributed by atoms with Crippen LogP contribution in [0.2, 0.25) is 13.1 Å². The minimum atomic E-state index is -1.46. The third-order valence-corrected chi connectivity index (χ3v) is 1.88. The van der Waals surface area contributed by atoms with Crippen LogP contribution in [-0.2, 0) is 4.43 Å². The molecule has 44 valence electrons. The van der Waals surface area contributed by atoms with Crippen LogP contribution in [0.4, 0.5) is 0 Å². The second-order valence-corrected chi connectivity index (χ2v) is 8.29. The average Bonchev–Trinajstić information content (AvgIpc) is 1.30. The molecule has 0 spiro atoms. The summed E-state index contributed by atoms with van der Waals surface area (Å²) in [4.78, 5) is 0. The first-order chi connectivity index (χ1) is 3.06. The first-order valence-corrected chi connectivity index (χ1v) is 6.62. The first-order valence-electron chi connectivity index (χ1n) is 2.42. The summed E-state index contributed by atoms with van der Waals surface area (Å²) in [6.07, 6.45) is 0. The van der Waals surface area contributed by atoms with Gasteiger partial charge in [0.2, 0.25) is 7.47 Å². The molecule has 0 radical (unpaired) electrons. The fraction of sp³-hybridized carbons (Fsp3) is 1.00. The van der Waals surface area contributed by atoms with Gasteiger partial charge in [0.15, 0.2) is 0 Å². The zero-order chi connectivity index (χ0) is 5.91. The molecular weight excluding hydrogens is 124 g/mol. The Kier molecular flexibility index (Phi) is 2.95. The zero-order valence-electron chi connectivity index (χ0n) is 5.06. The van der Waals surface area contributed by atoms with Gasteiger partial charge in [-0.3, -0.25) is 0 Å². The molecule has 7 heavy (non-hydrogen) atoms. The number of hydrogen-bond acceptors (Lipinski definition) is 2. The molecule has 0 atom stereocenters. The minimum absolute atomic E-state index is 0.794. The van der Waals surface area contributed by atoms with Crippen LogP contribution in [0.15, 0.2) is 0 Å². The Bertz CT molecular complexity index is 50.1. The van der Waals surface area contributed by atoms with Crippen molar-refractivity contribution in [1.82, 2.24) is 0 Å². The highest BCUT2D eigenvalue weighted by Crippen LogP contribution is 2.06. The van der Waals surface area contributed by atoms with Crippen molar-refractivity contribution in [1.29, 1.82) is 0 Å². The second-order valence-electron chi connectivity index (χ2n) is 1.88. The van der Waals surface area contributed by atoms with Crippen LogP contribution < -0.4 is 0 Å².